The molecule has 8 heteroatoms. The number of hydrogen-bond acceptors (Lipinski definition) is 5. The van der Waals surface area contributed by atoms with Crippen molar-refractivity contribution in [3.05, 3.63) is 29.8 Å². The molecule has 1 atom stereocenters. The highest BCUT2D eigenvalue weighted by Crippen LogP contribution is 2.25. The van der Waals surface area contributed by atoms with Gasteiger partial charge in [-0.05, 0) is 38.5 Å². The summed E-state index contributed by atoms with van der Waals surface area (Å²) >= 11 is 0. The van der Waals surface area contributed by atoms with E-state index in [2.05, 4.69) is 10.6 Å². The van der Waals surface area contributed by atoms with Crippen LogP contribution in [-0.4, -0.2) is 47.4 Å². The molecule has 4 N–H and O–H groups in total. The smallest absolute Gasteiger partial charge is 0.337 e. The van der Waals surface area contributed by atoms with E-state index in [0.29, 0.717) is 11.3 Å². The third-order valence-corrected chi connectivity index (χ3v) is 3.61. The Balaban J connectivity index is 2.69. The van der Waals surface area contributed by atoms with Crippen LogP contribution in [0.25, 0.3) is 0 Å². The van der Waals surface area contributed by atoms with Gasteiger partial charge in [0.05, 0.1) is 19.1 Å². The second-order valence-corrected chi connectivity index (χ2v) is 6.08. The summed E-state index contributed by atoms with van der Waals surface area (Å²) < 4.78 is 4.76. The molecule has 0 radical (unpaired) electrons. The van der Waals surface area contributed by atoms with Gasteiger partial charge in [-0.2, -0.15) is 0 Å². The number of aliphatic carboxylic acids is 1. The minimum absolute atomic E-state index is 0.378. The van der Waals surface area contributed by atoms with Gasteiger partial charge in [0.2, 0.25) is 0 Å². The molecule has 0 aliphatic heterocycles. The van der Waals surface area contributed by atoms with Gasteiger partial charge in [-0.1, -0.05) is 12.1 Å². The Hall–Kier alpha value is -2.61. The number of aliphatic hydroxyl groups is 1. The zero-order valence-electron chi connectivity index (χ0n) is 14.0. The summed E-state index contributed by atoms with van der Waals surface area (Å²) in [6, 6.07) is 5.92. The van der Waals surface area contributed by atoms with Crippen LogP contribution in [0, 0.1) is 0 Å². The number of benzene rings is 1. The molecule has 24 heavy (non-hydrogen) atoms. The van der Waals surface area contributed by atoms with E-state index >= 15 is 0 Å². The van der Waals surface area contributed by atoms with Crippen molar-refractivity contribution in [1.82, 2.24) is 5.32 Å². The van der Waals surface area contributed by atoms with Gasteiger partial charge in [-0.15, -0.1) is 0 Å². The van der Waals surface area contributed by atoms with Gasteiger partial charge < -0.3 is 25.6 Å². The Morgan fingerprint density at radius 2 is 1.67 bits per heavy atom. The number of urea groups is 1. The molecular weight excluding hydrogens is 316 g/mol. The highest BCUT2D eigenvalue weighted by molar-refractivity contribution is 5.90. The van der Waals surface area contributed by atoms with Crippen LogP contribution in [0.3, 0.4) is 0 Å². The van der Waals surface area contributed by atoms with E-state index < -0.39 is 29.6 Å². The Kier molecular flexibility index (Phi) is 5.92. The average Bonchev–Trinajstić information content (AvgIpc) is 2.52. The van der Waals surface area contributed by atoms with Crippen molar-refractivity contribution in [2.24, 2.45) is 0 Å². The normalized spacial score (nSPS) is 13.5. The van der Waals surface area contributed by atoms with Crippen molar-refractivity contribution in [3.63, 3.8) is 0 Å². The van der Waals surface area contributed by atoms with Crippen LogP contribution in [0.2, 0.25) is 0 Å². The molecule has 2 amide bonds. The molecule has 0 bridgehead atoms. The van der Waals surface area contributed by atoms with Crippen LogP contribution >= 0.6 is 0 Å². The summed E-state index contributed by atoms with van der Waals surface area (Å²) in [4.78, 5) is 34.2. The number of hydrogen-bond donors (Lipinski definition) is 4. The third kappa shape index (κ3) is 4.69. The number of anilines is 1. The van der Waals surface area contributed by atoms with Crippen molar-refractivity contribution in [1.29, 1.82) is 0 Å². The third-order valence-electron chi connectivity index (χ3n) is 3.61. The molecule has 8 nitrogen and oxygen atoms in total. The Morgan fingerprint density at radius 3 is 2.12 bits per heavy atom. The van der Waals surface area contributed by atoms with Gasteiger partial charge in [-0.25, -0.2) is 9.59 Å². The highest BCUT2D eigenvalue weighted by Gasteiger charge is 2.31. The molecule has 0 saturated carbocycles. The molecule has 0 aliphatic rings. The van der Waals surface area contributed by atoms with Crippen molar-refractivity contribution < 1.29 is 29.3 Å². The second-order valence-electron chi connectivity index (χ2n) is 6.08. The lowest BCUT2D eigenvalue weighted by Crippen LogP contribution is -2.47. The molecule has 0 fully saturated rings. The maximum absolute atomic E-state index is 11.8. The number of carboxylic acid groups (broad SMARTS) is 1. The van der Waals surface area contributed by atoms with E-state index in [4.69, 9.17) is 9.84 Å². The number of ether oxygens (including phenoxy) is 1. The van der Waals surface area contributed by atoms with E-state index in [1.54, 1.807) is 38.1 Å². The van der Waals surface area contributed by atoms with Crippen LogP contribution < -0.4 is 10.6 Å². The molecule has 1 aromatic carbocycles. The molecule has 1 unspecified atom stereocenters. The van der Waals surface area contributed by atoms with E-state index in [0.717, 1.165) is 6.92 Å². The number of methoxy groups -OCH3 is 1. The van der Waals surface area contributed by atoms with Crippen molar-refractivity contribution in [2.75, 3.05) is 19.0 Å². The van der Waals surface area contributed by atoms with Crippen molar-refractivity contribution in [2.45, 2.75) is 31.8 Å². The van der Waals surface area contributed by atoms with Crippen molar-refractivity contribution >= 4 is 23.7 Å². The largest absolute Gasteiger partial charge is 0.479 e. The minimum atomic E-state index is -2.05. The first-order valence-electron chi connectivity index (χ1n) is 7.20. The SMILES string of the molecule is COC(=O)C(C)(C)c1ccc(NC(=O)NCC(C)(O)C(=O)O)cc1. The average molecular weight is 338 g/mol. The van der Waals surface area contributed by atoms with Crippen LogP contribution in [-0.2, 0) is 19.7 Å². The van der Waals surface area contributed by atoms with Crippen LogP contribution in [0.5, 0.6) is 0 Å². The Morgan fingerprint density at radius 1 is 1.12 bits per heavy atom. The predicted molar refractivity (Wildman–Crippen MR) is 86.8 cm³/mol. The summed E-state index contributed by atoms with van der Waals surface area (Å²) in [5.74, 6) is -1.81. The van der Waals surface area contributed by atoms with E-state index in [1.165, 1.54) is 7.11 Å². The lowest BCUT2D eigenvalue weighted by atomic mass is 9.85. The highest BCUT2D eigenvalue weighted by atomic mass is 16.5. The summed E-state index contributed by atoms with van der Waals surface area (Å²) in [7, 11) is 1.32. The fraction of sp³-hybridized carbons (Fsp3) is 0.438. The maximum atomic E-state index is 11.8. The van der Waals surface area contributed by atoms with Crippen molar-refractivity contribution in [3.8, 4) is 0 Å². The summed E-state index contributed by atoms with van der Waals surface area (Å²) in [5, 5.41) is 23.1. The minimum Gasteiger partial charge on any atom is -0.479 e. The molecule has 0 saturated heterocycles. The van der Waals surface area contributed by atoms with E-state index in [1.807, 2.05) is 0 Å². The van der Waals surface area contributed by atoms with Gasteiger partial charge >= 0.3 is 18.0 Å². The molecule has 1 rings (SSSR count). The number of nitrogens with one attached hydrogen (secondary N) is 2. The summed E-state index contributed by atoms with van der Waals surface area (Å²) in [5.41, 5.74) is -1.71. The number of rotatable bonds is 6. The second kappa shape index (κ2) is 7.31. The first kappa shape index (κ1) is 19.4. The molecule has 132 valence electrons. The van der Waals surface area contributed by atoms with Gasteiger partial charge in [0.15, 0.2) is 5.60 Å². The zero-order valence-corrected chi connectivity index (χ0v) is 14.0. The zero-order chi connectivity index (χ0) is 18.5. The number of carbonyl (C=O) groups is 3. The van der Waals surface area contributed by atoms with Gasteiger partial charge in [0, 0.05) is 5.69 Å². The van der Waals surface area contributed by atoms with E-state index in [-0.39, 0.29) is 5.97 Å². The molecule has 1 aromatic rings. The first-order chi connectivity index (χ1) is 11.0. The molecule has 0 aromatic heterocycles. The van der Waals surface area contributed by atoms with Crippen LogP contribution in [0.4, 0.5) is 10.5 Å². The molecule has 0 spiro atoms. The monoisotopic (exact) mass is 338 g/mol. The summed E-state index contributed by atoms with van der Waals surface area (Å²) in [6.45, 7) is 4.09. The fourth-order valence-corrected chi connectivity index (χ4v) is 1.85. The molecular formula is C16H22N2O6. The molecule has 0 aliphatic carbocycles. The fourth-order valence-electron chi connectivity index (χ4n) is 1.85. The van der Waals surface area contributed by atoms with Crippen LogP contribution in [0.1, 0.15) is 26.3 Å². The number of amides is 2. The quantitative estimate of drug-likeness (QED) is 0.576. The standard InChI is InChI=1S/C16H22N2O6/c1-15(2,13(21)24-4)10-5-7-11(8-6-10)18-14(22)17-9-16(3,23)12(19)20/h5-8,23H,9H2,1-4H3,(H,19,20)(H2,17,18,22). The first-order valence-corrected chi connectivity index (χ1v) is 7.20. The van der Waals surface area contributed by atoms with E-state index in [9.17, 15) is 19.5 Å². The predicted octanol–water partition coefficient (Wildman–Crippen LogP) is 1.09. The number of esters is 1. The molecule has 0 heterocycles. The van der Waals surface area contributed by atoms with Gasteiger partial charge in [0.1, 0.15) is 0 Å². The van der Waals surface area contributed by atoms with Crippen LogP contribution in [0.15, 0.2) is 24.3 Å². The maximum Gasteiger partial charge on any atom is 0.337 e. The number of carboxylic acids is 1. The Labute approximate surface area is 139 Å². The number of carbonyl (C=O) groups excluding carboxylic acids is 2. The lowest BCUT2D eigenvalue weighted by Gasteiger charge is -2.22. The van der Waals surface area contributed by atoms with Gasteiger partial charge in [-0.3, -0.25) is 4.79 Å². The van der Waals surface area contributed by atoms with Gasteiger partial charge in [0.25, 0.3) is 0 Å². The topological polar surface area (TPSA) is 125 Å². The summed E-state index contributed by atoms with van der Waals surface area (Å²) in [6.07, 6.45) is 0. The lowest BCUT2D eigenvalue weighted by molar-refractivity contribution is -0.155. The Bertz CT molecular complexity index is 622.